The number of pyridine rings is 1. The fourth-order valence-electron chi connectivity index (χ4n) is 4.39. The smallest absolute Gasteiger partial charge is 0.164 e. The Kier molecular flexibility index (Phi) is 3.50. The van der Waals surface area contributed by atoms with E-state index in [1.165, 1.54) is 24.0 Å². The quantitative estimate of drug-likeness (QED) is 0.562. The Morgan fingerprint density at radius 1 is 1.08 bits per heavy atom. The van der Waals surface area contributed by atoms with Crippen molar-refractivity contribution in [1.82, 2.24) is 24.7 Å². The molecule has 0 aromatic carbocycles. The maximum Gasteiger partial charge on any atom is 0.164 e. The summed E-state index contributed by atoms with van der Waals surface area (Å²) in [5.41, 5.74) is 11.9. The third kappa shape index (κ3) is 2.36. The van der Waals surface area contributed by atoms with Gasteiger partial charge < -0.3 is 11.1 Å². The summed E-state index contributed by atoms with van der Waals surface area (Å²) in [7, 11) is 0. The molecule has 1 fully saturated rings. The summed E-state index contributed by atoms with van der Waals surface area (Å²) in [4.78, 5) is 13.8. The Hall–Kier alpha value is -1.74. The first-order valence-corrected chi connectivity index (χ1v) is 9.70. The molecule has 0 radical (unpaired) electrons. The highest BCUT2D eigenvalue weighted by molar-refractivity contribution is 14.1. The van der Waals surface area contributed by atoms with E-state index < -0.39 is 0 Å². The van der Waals surface area contributed by atoms with Gasteiger partial charge in [0.05, 0.1) is 15.5 Å². The van der Waals surface area contributed by atoms with Gasteiger partial charge in [-0.05, 0) is 77.9 Å². The highest BCUT2D eigenvalue weighted by atomic mass is 127. The summed E-state index contributed by atoms with van der Waals surface area (Å²) in [5.74, 6) is 0.857. The van der Waals surface area contributed by atoms with Crippen LogP contribution in [-0.2, 0) is 12.8 Å². The number of piperidine rings is 1. The van der Waals surface area contributed by atoms with Crippen LogP contribution in [0.4, 0.5) is 5.69 Å². The largest absolute Gasteiger partial charge is 0.397 e. The molecule has 7 heteroatoms. The van der Waals surface area contributed by atoms with Crippen LogP contribution in [0.25, 0.3) is 17.2 Å². The number of nitrogens with one attached hydrogen (secondary N) is 1. The van der Waals surface area contributed by atoms with Crippen molar-refractivity contribution in [3.63, 3.8) is 0 Å². The highest BCUT2D eigenvalue weighted by Crippen LogP contribution is 2.47. The predicted octanol–water partition coefficient (Wildman–Crippen LogP) is 2.45. The minimum atomic E-state index is 0.330. The van der Waals surface area contributed by atoms with Crippen molar-refractivity contribution in [1.29, 1.82) is 0 Å². The fourth-order valence-corrected chi connectivity index (χ4v) is 4.92. The number of nitrogen functional groups attached to an aromatic ring is 1. The monoisotopic (exact) mass is 446 g/mol. The number of rotatable bonds is 1. The molecule has 3 N–H and O–H groups in total. The lowest BCUT2D eigenvalue weighted by atomic mass is 9.76. The topological polar surface area (TPSA) is 81.1 Å². The van der Waals surface area contributed by atoms with Crippen LogP contribution in [-0.4, -0.2) is 32.4 Å². The maximum absolute atomic E-state index is 6.31. The van der Waals surface area contributed by atoms with E-state index in [1.807, 2.05) is 23.0 Å². The van der Waals surface area contributed by atoms with Crippen molar-refractivity contribution < 1.29 is 0 Å². The van der Waals surface area contributed by atoms with Crippen molar-refractivity contribution in [2.45, 2.75) is 25.7 Å². The van der Waals surface area contributed by atoms with Crippen molar-refractivity contribution >= 4 is 33.9 Å². The van der Waals surface area contributed by atoms with Crippen LogP contribution in [0.1, 0.15) is 24.0 Å². The van der Waals surface area contributed by atoms with Crippen LogP contribution in [0.15, 0.2) is 24.8 Å². The Morgan fingerprint density at radius 3 is 2.72 bits per heavy atom. The third-order valence-corrected chi connectivity index (χ3v) is 6.45. The van der Waals surface area contributed by atoms with Gasteiger partial charge in [0.15, 0.2) is 11.5 Å². The molecule has 0 atom stereocenters. The van der Waals surface area contributed by atoms with E-state index in [1.54, 1.807) is 6.20 Å². The molecule has 1 aliphatic heterocycles. The Balaban J connectivity index is 1.69. The summed E-state index contributed by atoms with van der Waals surface area (Å²) in [6, 6.07) is 0. The SMILES string of the molecule is Nc1cnc(-c2ncc(I)c3nccn23)c2c1CC1(CCNCC1)C2. The molecule has 128 valence electrons. The molecule has 2 aliphatic rings. The highest BCUT2D eigenvalue weighted by Gasteiger charge is 2.41. The van der Waals surface area contributed by atoms with Gasteiger partial charge in [-0.15, -0.1) is 0 Å². The van der Waals surface area contributed by atoms with Gasteiger partial charge in [0.25, 0.3) is 0 Å². The second-order valence-corrected chi connectivity index (χ2v) is 8.34. The van der Waals surface area contributed by atoms with Gasteiger partial charge in [-0.25, -0.2) is 9.97 Å². The molecule has 0 bridgehead atoms. The molecule has 4 heterocycles. The lowest BCUT2D eigenvalue weighted by molar-refractivity contribution is 0.216. The summed E-state index contributed by atoms with van der Waals surface area (Å²) in [5, 5.41) is 3.48. The number of fused-ring (bicyclic) bond motifs is 2. The zero-order chi connectivity index (χ0) is 17.0. The first-order chi connectivity index (χ1) is 12.2. The van der Waals surface area contributed by atoms with E-state index in [4.69, 9.17) is 10.7 Å². The number of imidazole rings is 1. The molecule has 5 rings (SSSR count). The van der Waals surface area contributed by atoms with E-state index >= 15 is 0 Å². The van der Waals surface area contributed by atoms with E-state index in [9.17, 15) is 0 Å². The van der Waals surface area contributed by atoms with Gasteiger partial charge in [0.2, 0.25) is 0 Å². The molecule has 3 aromatic rings. The average molecular weight is 446 g/mol. The summed E-state index contributed by atoms with van der Waals surface area (Å²) >= 11 is 2.27. The second kappa shape index (κ2) is 5.63. The van der Waals surface area contributed by atoms with Crippen LogP contribution < -0.4 is 11.1 Å². The molecular weight excluding hydrogens is 427 g/mol. The van der Waals surface area contributed by atoms with E-state index in [0.29, 0.717) is 5.41 Å². The molecule has 6 nitrogen and oxygen atoms in total. The standard InChI is InChI=1S/C18H19IN6/c19-13-9-24-17(25-6-5-22-16(13)25)15-12-8-18(1-3-21-4-2-18)7-11(12)14(20)10-23-15/h5-6,9-10,21H,1-4,7-8,20H2. The van der Waals surface area contributed by atoms with Crippen LogP contribution >= 0.6 is 22.6 Å². The van der Waals surface area contributed by atoms with Gasteiger partial charge in [-0.1, -0.05) is 0 Å². The van der Waals surface area contributed by atoms with E-state index in [-0.39, 0.29) is 0 Å². The zero-order valence-electron chi connectivity index (χ0n) is 13.8. The third-order valence-electron chi connectivity index (χ3n) is 5.69. The molecule has 1 spiro atoms. The molecule has 25 heavy (non-hydrogen) atoms. The Bertz CT molecular complexity index is 973. The summed E-state index contributed by atoms with van der Waals surface area (Å²) < 4.78 is 3.07. The number of aromatic nitrogens is 4. The van der Waals surface area contributed by atoms with Crippen molar-refractivity contribution in [3.05, 3.63) is 39.5 Å². The first kappa shape index (κ1) is 15.5. The van der Waals surface area contributed by atoms with Gasteiger partial charge in [-0.3, -0.25) is 9.38 Å². The summed E-state index contributed by atoms with van der Waals surface area (Å²) in [6.07, 6.45) is 11.9. The number of hydrogen-bond donors (Lipinski definition) is 2. The average Bonchev–Trinajstić information content (AvgIpc) is 3.23. The van der Waals surface area contributed by atoms with E-state index in [2.05, 4.69) is 37.9 Å². The number of nitrogens with two attached hydrogens (primary N) is 1. The summed E-state index contributed by atoms with van der Waals surface area (Å²) in [6.45, 7) is 2.18. The lowest BCUT2D eigenvalue weighted by Crippen LogP contribution is -2.37. The number of nitrogens with zero attached hydrogens (tertiary/aromatic N) is 4. The second-order valence-electron chi connectivity index (χ2n) is 7.17. The van der Waals surface area contributed by atoms with Crippen LogP contribution in [0.5, 0.6) is 0 Å². The van der Waals surface area contributed by atoms with Crippen LogP contribution in [0, 0.1) is 8.99 Å². The first-order valence-electron chi connectivity index (χ1n) is 8.62. The molecule has 3 aromatic heterocycles. The lowest BCUT2D eigenvalue weighted by Gasteiger charge is -2.33. The van der Waals surface area contributed by atoms with Gasteiger partial charge in [0, 0.05) is 18.6 Å². The van der Waals surface area contributed by atoms with Gasteiger partial charge in [-0.2, -0.15) is 0 Å². The minimum absolute atomic E-state index is 0.330. The van der Waals surface area contributed by atoms with E-state index in [0.717, 1.165) is 52.4 Å². The van der Waals surface area contributed by atoms with Crippen molar-refractivity contribution in [3.8, 4) is 11.5 Å². The number of anilines is 1. The number of halogens is 1. The van der Waals surface area contributed by atoms with Crippen LogP contribution in [0.2, 0.25) is 0 Å². The zero-order valence-corrected chi connectivity index (χ0v) is 16.0. The molecule has 1 aliphatic carbocycles. The molecule has 0 unspecified atom stereocenters. The van der Waals surface area contributed by atoms with Crippen molar-refractivity contribution in [2.24, 2.45) is 5.41 Å². The van der Waals surface area contributed by atoms with Crippen molar-refractivity contribution in [2.75, 3.05) is 18.8 Å². The predicted molar refractivity (Wildman–Crippen MR) is 105 cm³/mol. The van der Waals surface area contributed by atoms with Gasteiger partial charge >= 0.3 is 0 Å². The van der Waals surface area contributed by atoms with Gasteiger partial charge in [0.1, 0.15) is 5.69 Å². The Labute approximate surface area is 159 Å². The minimum Gasteiger partial charge on any atom is -0.397 e. The normalized spacial score (nSPS) is 18.8. The molecule has 0 amide bonds. The molecule has 1 saturated heterocycles. The van der Waals surface area contributed by atoms with Crippen LogP contribution in [0.3, 0.4) is 0 Å². The molecular formula is C18H19IN6. The maximum atomic E-state index is 6.31. The molecule has 0 saturated carbocycles. The number of hydrogen-bond acceptors (Lipinski definition) is 5. The fraction of sp³-hybridized carbons (Fsp3) is 0.389. The Morgan fingerprint density at radius 2 is 1.88 bits per heavy atom.